The van der Waals surface area contributed by atoms with Crippen LogP contribution < -0.4 is 15.5 Å². The number of rotatable bonds is 6. The van der Waals surface area contributed by atoms with Gasteiger partial charge in [-0.2, -0.15) is 5.26 Å². The number of thiophene rings is 1. The monoisotopic (exact) mass is 401 g/mol. The van der Waals surface area contributed by atoms with E-state index in [4.69, 9.17) is 0 Å². The summed E-state index contributed by atoms with van der Waals surface area (Å²) in [6.45, 7) is 0.153. The van der Waals surface area contributed by atoms with Gasteiger partial charge >= 0.3 is 0 Å². The number of quaternary nitrogens is 1. The SMILES string of the molecule is C[NH+](CC(=O)Nc1cccc(F)c1)CC(=O)Nc1sc2c(c1C#N)CCCC2. The molecule has 1 unspecified atom stereocenters. The first-order chi connectivity index (χ1) is 13.5. The van der Waals surface area contributed by atoms with E-state index in [9.17, 15) is 19.2 Å². The summed E-state index contributed by atoms with van der Waals surface area (Å²) in [6, 6.07) is 7.88. The molecule has 1 atom stereocenters. The van der Waals surface area contributed by atoms with Gasteiger partial charge in [-0.1, -0.05) is 6.07 Å². The number of anilines is 2. The van der Waals surface area contributed by atoms with Gasteiger partial charge in [0, 0.05) is 10.6 Å². The molecule has 1 aromatic heterocycles. The molecule has 0 spiro atoms. The third-order valence-corrected chi connectivity index (χ3v) is 5.78. The van der Waals surface area contributed by atoms with Crippen LogP contribution in [-0.2, 0) is 22.4 Å². The van der Waals surface area contributed by atoms with E-state index in [1.807, 2.05) is 0 Å². The Morgan fingerprint density at radius 2 is 1.93 bits per heavy atom. The number of fused-ring (bicyclic) bond motifs is 1. The van der Waals surface area contributed by atoms with Gasteiger partial charge in [0.1, 0.15) is 16.9 Å². The molecule has 0 radical (unpaired) electrons. The topological polar surface area (TPSA) is 86.4 Å². The van der Waals surface area contributed by atoms with Gasteiger partial charge in [-0.15, -0.1) is 11.3 Å². The molecule has 146 valence electrons. The predicted octanol–water partition coefficient (Wildman–Crippen LogP) is 1.73. The summed E-state index contributed by atoms with van der Waals surface area (Å²) in [5, 5.41) is 15.5. The second-order valence-electron chi connectivity index (χ2n) is 6.94. The Morgan fingerprint density at radius 1 is 1.21 bits per heavy atom. The van der Waals surface area contributed by atoms with E-state index in [1.165, 1.54) is 34.4 Å². The smallest absolute Gasteiger partial charge is 0.280 e. The molecule has 3 N–H and O–H groups in total. The molecule has 0 bridgehead atoms. The van der Waals surface area contributed by atoms with Crippen LogP contribution in [0, 0.1) is 17.1 Å². The lowest BCUT2D eigenvalue weighted by Gasteiger charge is -2.13. The van der Waals surface area contributed by atoms with E-state index < -0.39 is 5.82 Å². The third-order valence-electron chi connectivity index (χ3n) is 4.57. The summed E-state index contributed by atoms with van der Waals surface area (Å²) in [4.78, 5) is 26.3. The normalized spacial score (nSPS) is 13.9. The number of nitrogens with zero attached hydrogens (tertiary/aromatic N) is 1. The Labute approximate surface area is 167 Å². The minimum absolute atomic E-state index is 0.0655. The lowest BCUT2D eigenvalue weighted by Crippen LogP contribution is -3.11. The fourth-order valence-corrected chi connectivity index (χ4v) is 4.58. The number of nitriles is 1. The Bertz CT molecular complexity index is 935. The van der Waals surface area contributed by atoms with Crippen LogP contribution in [0.25, 0.3) is 0 Å². The molecule has 8 heteroatoms. The Balaban J connectivity index is 1.54. The lowest BCUT2D eigenvalue weighted by atomic mass is 9.96. The van der Waals surface area contributed by atoms with E-state index in [2.05, 4.69) is 16.7 Å². The average molecular weight is 401 g/mol. The number of hydrogen-bond donors (Lipinski definition) is 3. The number of likely N-dealkylation sites (N-methyl/N-ethyl adjacent to an activating group) is 1. The van der Waals surface area contributed by atoms with Crippen LogP contribution >= 0.6 is 11.3 Å². The number of carbonyl (C=O) groups is 2. The van der Waals surface area contributed by atoms with Crippen LogP contribution in [0.1, 0.15) is 28.8 Å². The van der Waals surface area contributed by atoms with Crippen LogP contribution in [0.4, 0.5) is 15.1 Å². The van der Waals surface area contributed by atoms with E-state index in [0.717, 1.165) is 31.2 Å². The van der Waals surface area contributed by atoms with Crippen LogP contribution in [0.5, 0.6) is 0 Å². The molecule has 0 aliphatic heterocycles. The molecule has 0 saturated heterocycles. The highest BCUT2D eigenvalue weighted by molar-refractivity contribution is 7.16. The van der Waals surface area contributed by atoms with Crippen molar-refractivity contribution in [3.05, 3.63) is 46.1 Å². The Hall–Kier alpha value is -2.76. The summed E-state index contributed by atoms with van der Waals surface area (Å²) in [5.74, 6) is -0.976. The van der Waals surface area contributed by atoms with Gasteiger partial charge in [0.25, 0.3) is 11.8 Å². The number of carbonyl (C=O) groups excluding carboxylic acids is 2. The molecule has 2 amide bonds. The van der Waals surface area contributed by atoms with Gasteiger partial charge in [-0.25, -0.2) is 4.39 Å². The van der Waals surface area contributed by atoms with Crippen LogP contribution in [0.15, 0.2) is 24.3 Å². The molecule has 2 aromatic rings. The highest BCUT2D eigenvalue weighted by atomic mass is 32.1. The predicted molar refractivity (Wildman–Crippen MR) is 106 cm³/mol. The molecule has 28 heavy (non-hydrogen) atoms. The molecule has 6 nitrogen and oxygen atoms in total. The standard InChI is InChI=1S/C20H21FN4O2S/c1-25(11-18(26)23-14-6-4-5-13(21)9-14)12-19(27)24-20-16(10-22)15-7-2-3-8-17(15)28-20/h4-6,9H,2-3,7-8,11-12H2,1H3,(H,23,26)(H,24,27)/p+1. The largest absolute Gasteiger partial charge is 0.322 e. The Kier molecular flexibility index (Phi) is 6.39. The van der Waals surface area contributed by atoms with Crippen molar-refractivity contribution in [1.82, 2.24) is 0 Å². The molecule has 3 rings (SSSR count). The van der Waals surface area contributed by atoms with E-state index in [1.54, 1.807) is 13.1 Å². The van der Waals surface area contributed by atoms with Gasteiger partial charge in [-0.05, 0) is 49.4 Å². The van der Waals surface area contributed by atoms with Gasteiger partial charge in [0.15, 0.2) is 13.1 Å². The van der Waals surface area contributed by atoms with Gasteiger partial charge < -0.3 is 15.5 Å². The summed E-state index contributed by atoms with van der Waals surface area (Å²) < 4.78 is 13.2. The molecule has 1 aromatic carbocycles. The fraction of sp³-hybridized carbons (Fsp3) is 0.350. The maximum atomic E-state index is 13.2. The van der Waals surface area contributed by atoms with E-state index in [0.29, 0.717) is 21.2 Å². The highest BCUT2D eigenvalue weighted by Crippen LogP contribution is 2.37. The summed E-state index contributed by atoms with van der Waals surface area (Å²) in [7, 11) is 1.73. The second-order valence-corrected chi connectivity index (χ2v) is 8.05. The lowest BCUT2D eigenvalue weighted by molar-refractivity contribution is -0.862. The zero-order valence-corrected chi connectivity index (χ0v) is 16.4. The molecule has 0 fully saturated rings. The number of aryl methyl sites for hydroxylation is 1. The fourth-order valence-electron chi connectivity index (χ4n) is 3.33. The number of amides is 2. The highest BCUT2D eigenvalue weighted by Gasteiger charge is 2.23. The van der Waals surface area contributed by atoms with Crippen molar-refractivity contribution in [2.45, 2.75) is 25.7 Å². The first-order valence-electron chi connectivity index (χ1n) is 9.17. The maximum Gasteiger partial charge on any atom is 0.280 e. The number of nitrogens with one attached hydrogen (secondary N) is 3. The maximum absolute atomic E-state index is 13.2. The van der Waals surface area contributed by atoms with Crippen molar-refractivity contribution in [1.29, 1.82) is 5.26 Å². The van der Waals surface area contributed by atoms with Crippen LogP contribution in [0.2, 0.25) is 0 Å². The van der Waals surface area contributed by atoms with Crippen LogP contribution in [0.3, 0.4) is 0 Å². The van der Waals surface area contributed by atoms with Crippen molar-refractivity contribution < 1.29 is 18.9 Å². The Morgan fingerprint density at radius 3 is 2.64 bits per heavy atom. The molecule has 1 aliphatic carbocycles. The van der Waals surface area contributed by atoms with Crippen LogP contribution in [-0.4, -0.2) is 32.0 Å². The minimum atomic E-state index is -0.426. The summed E-state index contributed by atoms with van der Waals surface area (Å²) in [6.07, 6.45) is 4.02. The minimum Gasteiger partial charge on any atom is -0.322 e. The van der Waals surface area contributed by atoms with Gasteiger partial charge in [-0.3, -0.25) is 9.59 Å². The van der Waals surface area contributed by atoms with Crippen molar-refractivity contribution in [2.24, 2.45) is 0 Å². The van der Waals surface area contributed by atoms with Crippen molar-refractivity contribution in [3.63, 3.8) is 0 Å². The summed E-state index contributed by atoms with van der Waals surface area (Å²) in [5.41, 5.74) is 2.03. The molecular weight excluding hydrogens is 379 g/mol. The quantitative estimate of drug-likeness (QED) is 0.689. The van der Waals surface area contributed by atoms with Gasteiger partial charge in [0.05, 0.1) is 12.6 Å². The van der Waals surface area contributed by atoms with Gasteiger partial charge in [0.2, 0.25) is 0 Å². The second kappa shape index (κ2) is 8.95. The van der Waals surface area contributed by atoms with Crippen molar-refractivity contribution >= 4 is 33.8 Å². The number of halogens is 1. The molecule has 1 aliphatic rings. The average Bonchev–Trinajstić information content (AvgIpc) is 2.97. The van der Waals surface area contributed by atoms with Crippen molar-refractivity contribution in [3.8, 4) is 6.07 Å². The number of benzene rings is 1. The number of hydrogen-bond acceptors (Lipinski definition) is 4. The first kappa shape index (κ1) is 20.0. The molecular formula is C20H22FN4O2S+. The molecule has 1 heterocycles. The van der Waals surface area contributed by atoms with E-state index in [-0.39, 0.29) is 24.9 Å². The first-order valence-corrected chi connectivity index (χ1v) is 9.99. The summed E-state index contributed by atoms with van der Waals surface area (Å²) >= 11 is 1.48. The van der Waals surface area contributed by atoms with Crippen molar-refractivity contribution in [2.75, 3.05) is 30.8 Å². The van der Waals surface area contributed by atoms with E-state index >= 15 is 0 Å². The molecule has 0 saturated carbocycles. The zero-order valence-electron chi connectivity index (χ0n) is 15.6. The third kappa shape index (κ3) is 4.94. The zero-order chi connectivity index (χ0) is 20.1.